The first-order valence-electron chi connectivity index (χ1n) is 5.55. The fourth-order valence-electron chi connectivity index (χ4n) is 1.50. The minimum absolute atomic E-state index is 0.0569. The molecular formula is C12H16ClNO4S. The highest BCUT2D eigenvalue weighted by Gasteiger charge is 2.16. The standard InChI is InChI=1S/C12H16ClNO4S/c1-8(7-18-2)14-12(15)10-6-9(19(3,16)17)4-5-11(10)13/h4-6,8H,7H2,1-3H3,(H,14,15). The molecule has 0 aliphatic carbocycles. The van der Waals surface area contributed by atoms with E-state index in [1.165, 1.54) is 25.3 Å². The van der Waals surface area contributed by atoms with Gasteiger partial charge >= 0.3 is 0 Å². The summed E-state index contributed by atoms with van der Waals surface area (Å²) in [6.07, 6.45) is 1.07. The zero-order valence-corrected chi connectivity index (χ0v) is 12.5. The maximum atomic E-state index is 12.0. The maximum absolute atomic E-state index is 12.0. The molecule has 0 spiro atoms. The predicted octanol–water partition coefficient (Wildman–Crippen LogP) is 1.51. The van der Waals surface area contributed by atoms with Gasteiger partial charge in [0.15, 0.2) is 9.84 Å². The number of carbonyl (C=O) groups is 1. The summed E-state index contributed by atoms with van der Waals surface area (Å²) >= 11 is 5.91. The number of ether oxygens (including phenoxy) is 1. The molecule has 1 rings (SSSR count). The Kier molecular flexibility index (Phi) is 5.34. The molecule has 106 valence electrons. The van der Waals surface area contributed by atoms with E-state index in [0.29, 0.717) is 6.61 Å². The van der Waals surface area contributed by atoms with E-state index in [4.69, 9.17) is 16.3 Å². The Balaban J connectivity index is 3.03. The van der Waals surface area contributed by atoms with Crippen molar-refractivity contribution in [3.63, 3.8) is 0 Å². The van der Waals surface area contributed by atoms with Crippen LogP contribution < -0.4 is 5.32 Å². The van der Waals surface area contributed by atoms with E-state index in [2.05, 4.69) is 5.32 Å². The van der Waals surface area contributed by atoms with E-state index in [1.54, 1.807) is 6.92 Å². The summed E-state index contributed by atoms with van der Waals surface area (Å²) in [6.45, 7) is 2.13. The fourth-order valence-corrected chi connectivity index (χ4v) is 2.35. The van der Waals surface area contributed by atoms with E-state index >= 15 is 0 Å². The number of hydrogen-bond donors (Lipinski definition) is 1. The Bertz CT molecular complexity index is 571. The van der Waals surface area contributed by atoms with Crippen LogP contribution in [-0.4, -0.2) is 40.3 Å². The number of methoxy groups -OCH3 is 1. The van der Waals surface area contributed by atoms with Gasteiger partial charge in [0, 0.05) is 19.4 Å². The molecule has 1 atom stereocenters. The summed E-state index contributed by atoms with van der Waals surface area (Å²) in [7, 11) is -1.85. The molecule has 1 N–H and O–H groups in total. The van der Waals surface area contributed by atoms with E-state index < -0.39 is 15.7 Å². The largest absolute Gasteiger partial charge is 0.383 e. The third-order valence-electron chi connectivity index (χ3n) is 2.40. The van der Waals surface area contributed by atoms with Crippen molar-refractivity contribution in [3.05, 3.63) is 28.8 Å². The second kappa shape index (κ2) is 6.36. The monoisotopic (exact) mass is 305 g/mol. The summed E-state index contributed by atoms with van der Waals surface area (Å²) in [4.78, 5) is 12.0. The molecular weight excluding hydrogens is 290 g/mol. The number of benzene rings is 1. The Morgan fingerprint density at radius 1 is 1.47 bits per heavy atom. The first-order valence-corrected chi connectivity index (χ1v) is 7.82. The Hall–Kier alpha value is -1.11. The molecule has 7 heteroatoms. The van der Waals surface area contributed by atoms with Crippen LogP contribution in [0.5, 0.6) is 0 Å². The first kappa shape index (κ1) is 15.9. The van der Waals surface area contributed by atoms with Crippen LogP contribution in [0.4, 0.5) is 0 Å². The van der Waals surface area contributed by atoms with Crippen LogP contribution in [0.15, 0.2) is 23.1 Å². The Morgan fingerprint density at radius 2 is 2.11 bits per heavy atom. The molecule has 0 bridgehead atoms. The van der Waals surface area contributed by atoms with Crippen molar-refractivity contribution >= 4 is 27.3 Å². The molecule has 1 aromatic carbocycles. The maximum Gasteiger partial charge on any atom is 0.253 e. The average molecular weight is 306 g/mol. The van der Waals surface area contributed by atoms with Gasteiger partial charge in [-0.05, 0) is 25.1 Å². The highest BCUT2D eigenvalue weighted by atomic mass is 35.5. The molecule has 19 heavy (non-hydrogen) atoms. The van der Waals surface area contributed by atoms with Gasteiger partial charge in [-0.3, -0.25) is 4.79 Å². The molecule has 0 radical (unpaired) electrons. The third-order valence-corrected chi connectivity index (χ3v) is 3.84. The van der Waals surface area contributed by atoms with E-state index in [-0.39, 0.29) is 21.5 Å². The molecule has 1 amide bonds. The minimum atomic E-state index is -3.38. The van der Waals surface area contributed by atoms with E-state index in [9.17, 15) is 13.2 Å². The normalized spacial score (nSPS) is 13.1. The number of carbonyl (C=O) groups excluding carboxylic acids is 1. The lowest BCUT2D eigenvalue weighted by molar-refractivity contribution is 0.0905. The van der Waals surface area contributed by atoms with Gasteiger partial charge in [0.2, 0.25) is 0 Å². The highest BCUT2D eigenvalue weighted by Crippen LogP contribution is 2.20. The summed E-state index contributed by atoms with van der Waals surface area (Å²) in [5.74, 6) is -0.431. The van der Waals surface area contributed by atoms with Crippen molar-refractivity contribution in [1.82, 2.24) is 5.32 Å². The van der Waals surface area contributed by atoms with Crippen molar-refractivity contribution in [2.24, 2.45) is 0 Å². The second-order valence-electron chi connectivity index (χ2n) is 4.24. The number of hydrogen-bond acceptors (Lipinski definition) is 4. The lowest BCUT2D eigenvalue weighted by atomic mass is 10.2. The second-order valence-corrected chi connectivity index (χ2v) is 6.67. The fraction of sp³-hybridized carbons (Fsp3) is 0.417. The van der Waals surface area contributed by atoms with Crippen LogP contribution in [-0.2, 0) is 14.6 Å². The van der Waals surface area contributed by atoms with Gasteiger partial charge in [0.25, 0.3) is 5.91 Å². The average Bonchev–Trinajstić information content (AvgIpc) is 2.27. The lowest BCUT2D eigenvalue weighted by Gasteiger charge is -2.13. The van der Waals surface area contributed by atoms with Crippen LogP contribution in [0.2, 0.25) is 5.02 Å². The Morgan fingerprint density at radius 3 is 2.63 bits per heavy atom. The number of sulfone groups is 1. The summed E-state index contributed by atoms with van der Waals surface area (Å²) in [5.41, 5.74) is 0.132. The van der Waals surface area contributed by atoms with Gasteiger partial charge in [-0.1, -0.05) is 11.6 Å². The highest BCUT2D eigenvalue weighted by molar-refractivity contribution is 7.90. The molecule has 0 aromatic heterocycles. The van der Waals surface area contributed by atoms with Gasteiger partial charge in [-0.25, -0.2) is 8.42 Å². The van der Waals surface area contributed by atoms with E-state index in [1.807, 2.05) is 0 Å². The minimum Gasteiger partial charge on any atom is -0.383 e. The zero-order valence-electron chi connectivity index (χ0n) is 10.9. The van der Waals surface area contributed by atoms with Gasteiger partial charge in [-0.15, -0.1) is 0 Å². The zero-order chi connectivity index (χ0) is 14.6. The summed E-state index contributed by atoms with van der Waals surface area (Å²) < 4.78 is 27.8. The topological polar surface area (TPSA) is 72.5 Å². The molecule has 1 unspecified atom stereocenters. The quantitative estimate of drug-likeness (QED) is 0.895. The Labute approximate surface area is 117 Å². The summed E-state index contributed by atoms with van der Waals surface area (Å²) in [6, 6.07) is 3.84. The number of amides is 1. The first-order chi connectivity index (χ1) is 8.75. The number of rotatable bonds is 5. The molecule has 0 heterocycles. The van der Waals surface area contributed by atoms with Crippen LogP contribution in [0.25, 0.3) is 0 Å². The van der Waals surface area contributed by atoms with Crippen LogP contribution in [0.1, 0.15) is 17.3 Å². The SMILES string of the molecule is COCC(C)NC(=O)c1cc(S(C)(=O)=O)ccc1Cl. The molecule has 0 aliphatic rings. The van der Waals surface area contributed by atoms with Crippen molar-refractivity contribution < 1.29 is 17.9 Å². The van der Waals surface area contributed by atoms with Crippen molar-refractivity contribution in [2.45, 2.75) is 17.9 Å². The lowest BCUT2D eigenvalue weighted by Crippen LogP contribution is -2.35. The van der Waals surface area contributed by atoms with Crippen molar-refractivity contribution in [3.8, 4) is 0 Å². The predicted molar refractivity (Wildman–Crippen MR) is 73.4 cm³/mol. The number of halogens is 1. The third kappa shape index (κ3) is 4.49. The summed E-state index contributed by atoms with van der Waals surface area (Å²) in [5, 5.41) is 2.88. The molecule has 0 fully saturated rings. The molecule has 0 aliphatic heterocycles. The van der Waals surface area contributed by atoms with Crippen molar-refractivity contribution in [1.29, 1.82) is 0 Å². The van der Waals surface area contributed by atoms with E-state index in [0.717, 1.165) is 6.26 Å². The van der Waals surface area contributed by atoms with Gasteiger partial charge in [0.05, 0.1) is 22.1 Å². The smallest absolute Gasteiger partial charge is 0.253 e. The molecule has 0 saturated heterocycles. The molecule has 1 aromatic rings. The van der Waals surface area contributed by atoms with Crippen LogP contribution >= 0.6 is 11.6 Å². The molecule has 0 saturated carbocycles. The van der Waals surface area contributed by atoms with Crippen LogP contribution in [0.3, 0.4) is 0 Å². The number of nitrogens with one attached hydrogen (secondary N) is 1. The van der Waals surface area contributed by atoms with Gasteiger partial charge < -0.3 is 10.1 Å². The van der Waals surface area contributed by atoms with Crippen LogP contribution in [0, 0.1) is 0 Å². The van der Waals surface area contributed by atoms with Gasteiger partial charge in [0.1, 0.15) is 0 Å². The van der Waals surface area contributed by atoms with Crippen molar-refractivity contribution in [2.75, 3.05) is 20.0 Å². The molecule has 5 nitrogen and oxygen atoms in total. The van der Waals surface area contributed by atoms with Gasteiger partial charge in [-0.2, -0.15) is 0 Å².